The monoisotopic (exact) mass is 321 g/mol. The van der Waals surface area contributed by atoms with Crippen molar-refractivity contribution in [1.29, 1.82) is 0 Å². The highest BCUT2D eigenvalue weighted by atomic mass is 35.5. The van der Waals surface area contributed by atoms with Gasteiger partial charge < -0.3 is 15.5 Å². The number of carbonyl (C=O) groups excluding carboxylic acids is 1. The minimum atomic E-state index is 0.199. The SMILES string of the molecule is O=C(CCC1CCNC1)NC1CCN(c2cccc(Cl)c2)C1. The highest BCUT2D eigenvalue weighted by molar-refractivity contribution is 6.30. The summed E-state index contributed by atoms with van der Waals surface area (Å²) in [6.45, 7) is 4.01. The Morgan fingerprint density at radius 1 is 1.41 bits per heavy atom. The van der Waals surface area contributed by atoms with Crippen molar-refractivity contribution < 1.29 is 4.79 Å². The van der Waals surface area contributed by atoms with Crippen LogP contribution in [0.2, 0.25) is 5.02 Å². The molecule has 0 saturated carbocycles. The fraction of sp³-hybridized carbons (Fsp3) is 0.588. The molecule has 2 N–H and O–H groups in total. The Bertz CT molecular complexity index is 516. The first-order chi connectivity index (χ1) is 10.7. The predicted octanol–water partition coefficient (Wildman–Crippen LogP) is 2.42. The van der Waals surface area contributed by atoms with E-state index in [0.29, 0.717) is 12.3 Å². The van der Waals surface area contributed by atoms with E-state index in [-0.39, 0.29) is 11.9 Å². The van der Waals surface area contributed by atoms with Gasteiger partial charge in [0.25, 0.3) is 0 Å². The molecule has 2 heterocycles. The van der Waals surface area contributed by atoms with Gasteiger partial charge in [0.2, 0.25) is 5.91 Å². The maximum atomic E-state index is 12.1. The third kappa shape index (κ3) is 4.14. The molecule has 1 amide bonds. The van der Waals surface area contributed by atoms with Crippen LogP contribution in [-0.4, -0.2) is 38.1 Å². The first kappa shape index (κ1) is 15.6. The average molecular weight is 322 g/mol. The van der Waals surface area contributed by atoms with Crippen molar-refractivity contribution in [2.24, 2.45) is 5.92 Å². The molecule has 0 aliphatic carbocycles. The smallest absolute Gasteiger partial charge is 0.220 e. The number of anilines is 1. The van der Waals surface area contributed by atoms with E-state index in [9.17, 15) is 4.79 Å². The highest BCUT2D eigenvalue weighted by Crippen LogP contribution is 2.23. The van der Waals surface area contributed by atoms with E-state index < -0.39 is 0 Å². The molecule has 0 bridgehead atoms. The molecule has 0 radical (unpaired) electrons. The number of benzene rings is 1. The van der Waals surface area contributed by atoms with Gasteiger partial charge in [0.1, 0.15) is 0 Å². The van der Waals surface area contributed by atoms with Crippen LogP contribution in [0.4, 0.5) is 5.69 Å². The summed E-state index contributed by atoms with van der Waals surface area (Å²) in [5, 5.41) is 7.29. The van der Waals surface area contributed by atoms with Gasteiger partial charge >= 0.3 is 0 Å². The van der Waals surface area contributed by atoms with Gasteiger partial charge in [0, 0.05) is 36.3 Å². The van der Waals surface area contributed by atoms with Crippen LogP contribution in [0.1, 0.15) is 25.7 Å². The van der Waals surface area contributed by atoms with Crippen molar-refractivity contribution in [2.45, 2.75) is 31.7 Å². The third-order valence-corrected chi connectivity index (χ3v) is 4.90. The Balaban J connectivity index is 1.43. The van der Waals surface area contributed by atoms with E-state index in [1.807, 2.05) is 18.2 Å². The van der Waals surface area contributed by atoms with Crippen LogP contribution >= 0.6 is 11.6 Å². The molecule has 5 heteroatoms. The van der Waals surface area contributed by atoms with Gasteiger partial charge in [0.15, 0.2) is 0 Å². The second-order valence-corrected chi connectivity index (χ2v) is 6.81. The van der Waals surface area contributed by atoms with Crippen molar-refractivity contribution in [2.75, 3.05) is 31.1 Å². The molecule has 2 unspecified atom stereocenters. The predicted molar refractivity (Wildman–Crippen MR) is 90.4 cm³/mol. The van der Waals surface area contributed by atoms with E-state index in [1.54, 1.807) is 0 Å². The molecule has 120 valence electrons. The van der Waals surface area contributed by atoms with Gasteiger partial charge in [-0.15, -0.1) is 0 Å². The fourth-order valence-electron chi connectivity index (χ4n) is 3.38. The molecule has 2 atom stereocenters. The van der Waals surface area contributed by atoms with Gasteiger partial charge in [-0.2, -0.15) is 0 Å². The fourth-order valence-corrected chi connectivity index (χ4v) is 3.57. The Labute approximate surface area is 137 Å². The molecule has 2 fully saturated rings. The normalized spacial score (nSPS) is 24.7. The van der Waals surface area contributed by atoms with Crippen molar-refractivity contribution in [3.05, 3.63) is 29.3 Å². The number of hydrogen-bond donors (Lipinski definition) is 2. The lowest BCUT2D eigenvalue weighted by molar-refractivity contribution is -0.121. The quantitative estimate of drug-likeness (QED) is 0.875. The summed E-state index contributed by atoms with van der Waals surface area (Å²) < 4.78 is 0. The van der Waals surface area contributed by atoms with Crippen LogP contribution in [0.15, 0.2) is 24.3 Å². The van der Waals surface area contributed by atoms with Gasteiger partial charge in [-0.3, -0.25) is 4.79 Å². The summed E-state index contributed by atoms with van der Waals surface area (Å²) in [5.74, 6) is 0.877. The number of hydrogen-bond acceptors (Lipinski definition) is 3. The standard InChI is InChI=1S/C17H24ClN3O/c18-14-2-1-3-16(10-14)21-9-7-15(12-21)20-17(22)5-4-13-6-8-19-11-13/h1-3,10,13,15,19H,4-9,11-12H2,(H,20,22). The number of nitrogens with zero attached hydrogens (tertiary/aromatic N) is 1. The van der Waals surface area contributed by atoms with Crippen molar-refractivity contribution in [3.8, 4) is 0 Å². The lowest BCUT2D eigenvalue weighted by atomic mass is 10.0. The summed E-state index contributed by atoms with van der Waals surface area (Å²) in [7, 11) is 0. The average Bonchev–Trinajstić information content (AvgIpc) is 3.16. The van der Waals surface area contributed by atoms with Crippen LogP contribution in [-0.2, 0) is 4.79 Å². The first-order valence-electron chi connectivity index (χ1n) is 8.21. The Hall–Kier alpha value is -1.26. The van der Waals surface area contributed by atoms with E-state index in [4.69, 9.17) is 11.6 Å². The minimum absolute atomic E-state index is 0.199. The molecule has 0 spiro atoms. The Morgan fingerprint density at radius 2 is 2.32 bits per heavy atom. The Morgan fingerprint density at radius 3 is 3.09 bits per heavy atom. The molecule has 3 rings (SSSR count). The summed E-state index contributed by atoms with van der Waals surface area (Å²) in [6.07, 6.45) is 3.87. The molecular weight excluding hydrogens is 298 g/mol. The summed E-state index contributed by atoms with van der Waals surface area (Å²) in [6, 6.07) is 8.17. The van der Waals surface area contributed by atoms with Gasteiger partial charge in [-0.25, -0.2) is 0 Å². The van der Waals surface area contributed by atoms with Crippen LogP contribution in [0.25, 0.3) is 0 Å². The summed E-state index contributed by atoms with van der Waals surface area (Å²) in [5.41, 5.74) is 1.14. The third-order valence-electron chi connectivity index (χ3n) is 4.67. The van der Waals surface area contributed by atoms with Gasteiger partial charge in [-0.05, 0) is 56.5 Å². The lowest BCUT2D eigenvalue weighted by Gasteiger charge is -2.19. The second kappa shape index (κ2) is 7.34. The molecule has 2 aliphatic heterocycles. The lowest BCUT2D eigenvalue weighted by Crippen LogP contribution is -2.37. The molecular formula is C17H24ClN3O. The van der Waals surface area contributed by atoms with Crippen LogP contribution in [0.5, 0.6) is 0 Å². The summed E-state index contributed by atoms with van der Waals surface area (Å²) >= 11 is 6.05. The molecule has 1 aromatic rings. The topological polar surface area (TPSA) is 44.4 Å². The van der Waals surface area contributed by atoms with Crippen LogP contribution in [0.3, 0.4) is 0 Å². The molecule has 22 heavy (non-hydrogen) atoms. The van der Waals surface area contributed by atoms with Crippen LogP contribution in [0, 0.1) is 5.92 Å². The van der Waals surface area contributed by atoms with E-state index >= 15 is 0 Å². The Kier molecular flexibility index (Phi) is 5.21. The maximum Gasteiger partial charge on any atom is 0.220 e. The zero-order valence-corrected chi connectivity index (χ0v) is 13.6. The first-order valence-corrected chi connectivity index (χ1v) is 8.59. The number of halogens is 1. The van der Waals surface area contributed by atoms with Crippen LogP contribution < -0.4 is 15.5 Å². The van der Waals surface area contributed by atoms with E-state index in [1.165, 1.54) is 6.42 Å². The minimum Gasteiger partial charge on any atom is -0.369 e. The maximum absolute atomic E-state index is 12.1. The number of rotatable bonds is 5. The molecule has 4 nitrogen and oxygen atoms in total. The van der Waals surface area contributed by atoms with Gasteiger partial charge in [0.05, 0.1) is 0 Å². The number of nitrogens with one attached hydrogen (secondary N) is 2. The zero-order valence-electron chi connectivity index (χ0n) is 12.9. The summed E-state index contributed by atoms with van der Waals surface area (Å²) in [4.78, 5) is 14.4. The highest BCUT2D eigenvalue weighted by Gasteiger charge is 2.24. The second-order valence-electron chi connectivity index (χ2n) is 6.38. The molecule has 1 aromatic carbocycles. The number of amides is 1. The van der Waals surface area contributed by atoms with E-state index in [0.717, 1.165) is 49.7 Å². The largest absolute Gasteiger partial charge is 0.369 e. The molecule has 0 aromatic heterocycles. The van der Waals surface area contributed by atoms with Gasteiger partial charge in [-0.1, -0.05) is 17.7 Å². The van der Waals surface area contributed by atoms with Crippen molar-refractivity contribution in [1.82, 2.24) is 10.6 Å². The molecule has 2 saturated heterocycles. The zero-order chi connectivity index (χ0) is 15.4. The van der Waals surface area contributed by atoms with E-state index in [2.05, 4.69) is 21.6 Å². The van der Waals surface area contributed by atoms with Crippen molar-refractivity contribution >= 4 is 23.2 Å². The van der Waals surface area contributed by atoms with Crippen molar-refractivity contribution in [3.63, 3.8) is 0 Å². The number of carbonyl (C=O) groups is 1. The molecule has 2 aliphatic rings.